The molecule has 1 aromatic rings. The highest BCUT2D eigenvalue weighted by Gasteiger charge is 2.37. The second kappa shape index (κ2) is 4.15. The molecule has 0 bridgehead atoms. The normalized spacial score (nSPS) is 34.9. The first-order valence-electron chi connectivity index (χ1n) is 6.26. The molecule has 0 radical (unpaired) electrons. The number of aromatic nitrogens is 1. The molecule has 1 unspecified atom stereocenters. The van der Waals surface area contributed by atoms with E-state index in [2.05, 4.69) is 22.0 Å². The number of hydrogen-bond donors (Lipinski definition) is 1. The van der Waals surface area contributed by atoms with Crippen LogP contribution in [0.2, 0.25) is 0 Å². The van der Waals surface area contributed by atoms with Crippen LogP contribution in [0.3, 0.4) is 0 Å². The van der Waals surface area contributed by atoms with E-state index in [4.69, 9.17) is 5.73 Å². The van der Waals surface area contributed by atoms with Crippen LogP contribution in [0.5, 0.6) is 0 Å². The fourth-order valence-electron chi connectivity index (χ4n) is 3.07. The van der Waals surface area contributed by atoms with Gasteiger partial charge >= 0.3 is 0 Å². The summed E-state index contributed by atoms with van der Waals surface area (Å²) >= 11 is 0. The number of likely N-dealkylation sites (tertiary alicyclic amines) is 1. The Kier molecular flexibility index (Phi) is 2.65. The monoisotopic (exact) mass is 217 g/mol. The van der Waals surface area contributed by atoms with Crippen LogP contribution >= 0.6 is 0 Å². The fourth-order valence-corrected chi connectivity index (χ4v) is 3.07. The third-order valence-corrected chi connectivity index (χ3v) is 4.00. The summed E-state index contributed by atoms with van der Waals surface area (Å²) in [7, 11) is 0. The van der Waals surface area contributed by atoms with Crippen molar-refractivity contribution in [1.29, 1.82) is 0 Å². The Balaban J connectivity index is 1.74. The highest BCUT2D eigenvalue weighted by molar-refractivity contribution is 5.17. The number of nitrogens with two attached hydrogens (primary N) is 1. The molecule has 1 aliphatic carbocycles. The summed E-state index contributed by atoms with van der Waals surface area (Å²) in [5.74, 6) is 0. The molecule has 2 aliphatic rings. The van der Waals surface area contributed by atoms with E-state index in [0.29, 0.717) is 12.1 Å². The molecule has 3 rings (SSSR count). The van der Waals surface area contributed by atoms with Crippen molar-refractivity contribution in [2.45, 2.75) is 43.8 Å². The summed E-state index contributed by atoms with van der Waals surface area (Å²) in [5.41, 5.74) is 7.31. The molecule has 1 aliphatic heterocycles. The molecule has 0 spiro atoms. The summed E-state index contributed by atoms with van der Waals surface area (Å²) in [4.78, 5) is 6.75. The van der Waals surface area contributed by atoms with Gasteiger partial charge in [-0.05, 0) is 49.9 Å². The second-order valence-corrected chi connectivity index (χ2v) is 5.06. The Morgan fingerprint density at radius 1 is 1.25 bits per heavy atom. The SMILES string of the molecule is NC1CC(N2CCCC2c2ccncc2)C1. The van der Waals surface area contributed by atoms with Gasteiger partial charge in [-0.3, -0.25) is 9.88 Å². The first-order chi connectivity index (χ1) is 7.84. The van der Waals surface area contributed by atoms with Crippen LogP contribution < -0.4 is 5.73 Å². The zero-order valence-electron chi connectivity index (χ0n) is 9.55. The van der Waals surface area contributed by atoms with E-state index in [0.717, 1.165) is 6.04 Å². The number of pyridine rings is 1. The first kappa shape index (κ1) is 10.2. The molecule has 2 N–H and O–H groups in total. The summed E-state index contributed by atoms with van der Waals surface area (Å²) in [6, 6.07) is 6.10. The summed E-state index contributed by atoms with van der Waals surface area (Å²) in [6.07, 6.45) is 8.77. The Morgan fingerprint density at radius 3 is 2.69 bits per heavy atom. The molecule has 1 aromatic heterocycles. The summed E-state index contributed by atoms with van der Waals surface area (Å²) in [6.45, 7) is 1.24. The maximum Gasteiger partial charge on any atom is 0.0352 e. The molecule has 86 valence electrons. The molecule has 2 heterocycles. The molecule has 0 amide bonds. The summed E-state index contributed by atoms with van der Waals surface area (Å²) < 4.78 is 0. The van der Waals surface area contributed by atoms with Crippen molar-refractivity contribution < 1.29 is 0 Å². The van der Waals surface area contributed by atoms with Gasteiger partial charge in [0.05, 0.1) is 0 Å². The van der Waals surface area contributed by atoms with Crippen molar-refractivity contribution in [3.8, 4) is 0 Å². The molecule has 16 heavy (non-hydrogen) atoms. The van der Waals surface area contributed by atoms with Gasteiger partial charge in [0, 0.05) is 30.5 Å². The van der Waals surface area contributed by atoms with E-state index >= 15 is 0 Å². The van der Waals surface area contributed by atoms with Gasteiger partial charge in [-0.25, -0.2) is 0 Å². The smallest absolute Gasteiger partial charge is 0.0352 e. The van der Waals surface area contributed by atoms with E-state index in [1.54, 1.807) is 0 Å². The minimum Gasteiger partial charge on any atom is -0.328 e. The van der Waals surface area contributed by atoms with Crippen LogP contribution in [0.1, 0.15) is 37.3 Å². The van der Waals surface area contributed by atoms with Gasteiger partial charge in [-0.15, -0.1) is 0 Å². The Bertz CT molecular complexity index is 345. The predicted octanol–water partition coefficient (Wildman–Crippen LogP) is 1.71. The average Bonchev–Trinajstić information content (AvgIpc) is 2.74. The highest BCUT2D eigenvalue weighted by atomic mass is 15.2. The third kappa shape index (κ3) is 1.74. The van der Waals surface area contributed by atoms with Gasteiger partial charge < -0.3 is 5.73 Å². The predicted molar refractivity (Wildman–Crippen MR) is 63.9 cm³/mol. The van der Waals surface area contributed by atoms with Crippen LogP contribution in [-0.4, -0.2) is 28.5 Å². The highest BCUT2D eigenvalue weighted by Crippen LogP contribution is 2.38. The van der Waals surface area contributed by atoms with Gasteiger partial charge in [-0.2, -0.15) is 0 Å². The maximum atomic E-state index is 5.88. The van der Waals surface area contributed by atoms with Crippen molar-refractivity contribution in [2.75, 3.05) is 6.54 Å². The Hall–Kier alpha value is -0.930. The number of hydrogen-bond acceptors (Lipinski definition) is 3. The van der Waals surface area contributed by atoms with E-state index in [1.165, 1.54) is 37.8 Å². The van der Waals surface area contributed by atoms with Crippen LogP contribution in [0.4, 0.5) is 0 Å². The lowest BCUT2D eigenvalue weighted by Crippen LogP contribution is -2.50. The van der Waals surface area contributed by atoms with Crippen LogP contribution in [0, 0.1) is 0 Å². The average molecular weight is 217 g/mol. The molecular weight excluding hydrogens is 198 g/mol. The molecule has 1 atom stereocenters. The number of rotatable bonds is 2. The molecule has 1 saturated carbocycles. The first-order valence-corrected chi connectivity index (χ1v) is 6.26. The zero-order chi connectivity index (χ0) is 11.0. The minimum absolute atomic E-state index is 0.448. The zero-order valence-corrected chi connectivity index (χ0v) is 9.55. The van der Waals surface area contributed by atoms with Crippen molar-refractivity contribution >= 4 is 0 Å². The largest absolute Gasteiger partial charge is 0.328 e. The van der Waals surface area contributed by atoms with E-state index in [9.17, 15) is 0 Å². The van der Waals surface area contributed by atoms with E-state index < -0.39 is 0 Å². The lowest BCUT2D eigenvalue weighted by atomic mass is 9.85. The van der Waals surface area contributed by atoms with E-state index in [1.807, 2.05) is 12.4 Å². The van der Waals surface area contributed by atoms with Crippen LogP contribution in [0.25, 0.3) is 0 Å². The van der Waals surface area contributed by atoms with Crippen molar-refractivity contribution in [1.82, 2.24) is 9.88 Å². The minimum atomic E-state index is 0.448. The van der Waals surface area contributed by atoms with Gasteiger partial charge in [0.1, 0.15) is 0 Å². The van der Waals surface area contributed by atoms with Gasteiger partial charge in [0.2, 0.25) is 0 Å². The number of nitrogens with zero attached hydrogens (tertiary/aromatic N) is 2. The molecule has 3 nitrogen and oxygen atoms in total. The maximum absolute atomic E-state index is 5.88. The van der Waals surface area contributed by atoms with Gasteiger partial charge in [0.15, 0.2) is 0 Å². The van der Waals surface area contributed by atoms with Crippen molar-refractivity contribution in [3.05, 3.63) is 30.1 Å². The van der Waals surface area contributed by atoms with Crippen LogP contribution in [-0.2, 0) is 0 Å². The Morgan fingerprint density at radius 2 is 2.00 bits per heavy atom. The quantitative estimate of drug-likeness (QED) is 0.820. The standard InChI is InChI=1S/C13H19N3/c14-11-8-12(9-11)16-7-1-2-13(16)10-3-5-15-6-4-10/h3-6,11-13H,1-2,7-9,14H2. The van der Waals surface area contributed by atoms with Gasteiger partial charge in [-0.1, -0.05) is 0 Å². The molecular formula is C13H19N3. The Labute approximate surface area is 96.7 Å². The molecule has 1 saturated heterocycles. The van der Waals surface area contributed by atoms with Crippen molar-refractivity contribution in [3.63, 3.8) is 0 Å². The van der Waals surface area contributed by atoms with Crippen molar-refractivity contribution in [2.24, 2.45) is 5.73 Å². The van der Waals surface area contributed by atoms with Crippen LogP contribution in [0.15, 0.2) is 24.5 Å². The molecule has 2 fully saturated rings. The topological polar surface area (TPSA) is 42.1 Å². The third-order valence-electron chi connectivity index (χ3n) is 4.00. The van der Waals surface area contributed by atoms with Gasteiger partial charge in [0.25, 0.3) is 0 Å². The second-order valence-electron chi connectivity index (χ2n) is 5.06. The van der Waals surface area contributed by atoms with E-state index in [-0.39, 0.29) is 0 Å². The summed E-state index contributed by atoms with van der Waals surface area (Å²) in [5, 5.41) is 0. The lowest BCUT2D eigenvalue weighted by Gasteiger charge is -2.42. The molecule has 3 heteroatoms. The lowest BCUT2D eigenvalue weighted by molar-refractivity contribution is 0.0981. The fraction of sp³-hybridized carbons (Fsp3) is 0.615. The molecule has 0 aromatic carbocycles.